The van der Waals surface area contributed by atoms with E-state index in [1.54, 1.807) is 0 Å². The van der Waals surface area contributed by atoms with Crippen molar-refractivity contribution in [2.45, 2.75) is 120 Å². The van der Waals surface area contributed by atoms with Crippen LogP contribution < -0.4 is 0 Å². The molecule has 2 saturated heterocycles. The lowest BCUT2D eigenvalue weighted by molar-refractivity contribution is -0.452. The fourth-order valence-electron chi connectivity index (χ4n) is 4.64. The van der Waals surface area contributed by atoms with Gasteiger partial charge in [0.05, 0.1) is 12.2 Å². The van der Waals surface area contributed by atoms with E-state index in [-0.39, 0.29) is 12.8 Å². The SMILES string of the molecule is CCOC1(C(F)(C(F)(F)F)C(F)(F)F)CC(C)C(C)O1.CCOC1(C(F)(C(F)(F)F)C(F)(F)F)CCCC(C)O1. The van der Waals surface area contributed by atoms with Crippen molar-refractivity contribution in [3.05, 3.63) is 0 Å². The second kappa shape index (κ2) is 11.9. The van der Waals surface area contributed by atoms with Gasteiger partial charge >= 0.3 is 36.0 Å². The van der Waals surface area contributed by atoms with Gasteiger partial charge in [-0.1, -0.05) is 6.92 Å². The van der Waals surface area contributed by atoms with Gasteiger partial charge in [-0.3, -0.25) is 0 Å². The highest BCUT2D eigenvalue weighted by molar-refractivity contribution is 5.10. The Kier molecular flexibility index (Phi) is 10.9. The predicted octanol–water partition coefficient (Wildman–Crippen LogP) is 8.14. The van der Waals surface area contributed by atoms with Gasteiger partial charge in [0, 0.05) is 26.1 Å². The predicted molar refractivity (Wildman–Crippen MR) is 109 cm³/mol. The van der Waals surface area contributed by atoms with Crippen molar-refractivity contribution < 1.29 is 80.4 Å². The Bertz CT molecular complexity index is 731. The molecule has 2 fully saturated rings. The summed E-state index contributed by atoms with van der Waals surface area (Å²) in [5.74, 6) is -7.51. The fourth-order valence-corrected chi connectivity index (χ4v) is 4.64. The molecule has 0 aromatic heterocycles. The minimum absolute atomic E-state index is 0.0566. The zero-order chi connectivity index (χ0) is 31.8. The maximum Gasteiger partial charge on any atom is 0.437 e. The summed E-state index contributed by atoms with van der Waals surface area (Å²) in [6.45, 7) is 5.20. The molecular weight excluding hydrogens is 594 g/mol. The highest BCUT2D eigenvalue weighted by Gasteiger charge is 2.85. The van der Waals surface area contributed by atoms with Gasteiger partial charge in [0.2, 0.25) is 11.6 Å². The third kappa shape index (κ3) is 6.28. The molecule has 4 nitrogen and oxygen atoms in total. The molecule has 2 aliphatic heterocycles. The van der Waals surface area contributed by atoms with E-state index in [1.165, 1.54) is 34.6 Å². The van der Waals surface area contributed by atoms with Crippen molar-refractivity contribution in [2.75, 3.05) is 13.2 Å². The molecule has 240 valence electrons. The van der Waals surface area contributed by atoms with Crippen LogP contribution in [0.25, 0.3) is 0 Å². The molecule has 0 aromatic carbocycles. The number of ether oxygens (including phenoxy) is 4. The van der Waals surface area contributed by atoms with E-state index in [2.05, 4.69) is 14.2 Å². The molecule has 0 saturated carbocycles. The number of hydrogen-bond donors (Lipinski definition) is 0. The van der Waals surface area contributed by atoms with E-state index in [4.69, 9.17) is 4.74 Å². The van der Waals surface area contributed by atoms with Gasteiger partial charge < -0.3 is 18.9 Å². The molecule has 0 radical (unpaired) electrons. The summed E-state index contributed by atoms with van der Waals surface area (Å²) >= 11 is 0. The molecule has 0 N–H and O–H groups in total. The monoisotopic (exact) mass is 624 g/mol. The van der Waals surface area contributed by atoms with Crippen LogP contribution in [0.4, 0.5) is 61.5 Å². The molecule has 0 aliphatic carbocycles. The maximum absolute atomic E-state index is 14.2. The number of hydrogen-bond acceptors (Lipinski definition) is 4. The van der Waals surface area contributed by atoms with Crippen molar-refractivity contribution in [1.29, 1.82) is 0 Å². The van der Waals surface area contributed by atoms with Gasteiger partial charge in [-0.25, -0.2) is 8.78 Å². The molecule has 0 amide bonds. The van der Waals surface area contributed by atoms with Crippen LogP contribution in [0.5, 0.6) is 0 Å². The summed E-state index contributed by atoms with van der Waals surface area (Å²) in [4.78, 5) is 0. The minimum Gasteiger partial charge on any atom is -0.347 e. The number of alkyl halides is 14. The van der Waals surface area contributed by atoms with Crippen molar-refractivity contribution in [2.24, 2.45) is 5.92 Å². The van der Waals surface area contributed by atoms with Crippen LogP contribution in [0.15, 0.2) is 0 Å². The second-order valence-corrected chi connectivity index (χ2v) is 9.50. The first-order valence-electron chi connectivity index (χ1n) is 12.0. The van der Waals surface area contributed by atoms with E-state index in [1.807, 2.05) is 0 Å². The van der Waals surface area contributed by atoms with Crippen LogP contribution in [-0.4, -0.2) is 73.0 Å². The van der Waals surface area contributed by atoms with Crippen molar-refractivity contribution in [3.8, 4) is 0 Å². The lowest BCUT2D eigenvalue weighted by Crippen LogP contribution is -2.71. The molecule has 5 unspecified atom stereocenters. The summed E-state index contributed by atoms with van der Waals surface area (Å²) in [7, 11) is 0. The lowest BCUT2D eigenvalue weighted by atomic mass is 9.86. The van der Waals surface area contributed by atoms with Crippen LogP contribution in [0.3, 0.4) is 0 Å². The van der Waals surface area contributed by atoms with Crippen molar-refractivity contribution in [1.82, 2.24) is 0 Å². The first-order chi connectivity index (χ1) is 17.7. The number of rotatable bonds is 6. The second-order valence-electron chi connectivity index (χ2n) is 9.50. The minimum atomic E-state index is -6.20. The quantitative estimate of drug-likeness (QED) is 0.280. The zero-order valence-electron chi connectivity index (χ0n) is 21.9. The van der Waals surface area contributed by atoms with Gasteiger partial charge in [0.25, 0.3) is 0 Å². The topological polar surface area (TPSA) is 36.9 Å². The Hall–Kier alpha value is -1.14. The highest BCUT2D eigenvalue weighted by atomic mass is 19.4. The van der Waals surface area contributed by atoms with E-state index < -0.39 is 91.8 Å². The Morgan fingerprint density at radius 2 is 1.00 bits per heavy atom. The van der Waals surface area contributed by atoms with Crippen LogP contribution in [0, 0.1) is 5.92 Å². The average molecular weight is 624 g/mol. The highest BCUT2D eigenvalue weighted by Crippen LogP contribution is 2.59. The first-order valence-corrected chi connectivity index (χ1v) is 12.0. The number of halogens is 14. The molecule has 0 bridgehead atoms. The fraction of sp³-hybridized carbons (Fsp3) is 1.00. The third-order valence-corrected chi connectivity index (χ3v) is 6.64. The van der Waals surface area contributed by atoms with E-state index in [9.17, 15) is 61.5 Å². The van der Waals surface area contributed by atoms with Crippen LogP contribution in [0.1, 0.15) is 60.3 Å². The summed E-state index contributed by atoms with van der Waals surface area (Å²) in [6.07, 6.45) is -28.2. The largest absolute Gasteiger partial charge is 0.437 e. The third-order valence-electron chi connectivity index (χ3n) is 6.64. The Morgan fingerprint density at radius 3 is 1.30 bits per heavy atom. The van der Waals surface area contributed by atoms with Crippen LogP contribution >= 0.6 is 0 Å². The lowest BCUT2D eigenvalue weighted by Gasteiger charge is -2.48. The van der Waals surface area contributed by atoms with Gasteiger partial charge in [-0.05, 0) is 46.5 Å². The molecule has 0 aromatic rings. The van der Waals surface area contributed by atoms with E-state index >= 15 is 0 Å². The Labute approximate surface area is 220 Å². The summed E-state index contributed by atoms with van der Waals surface area (Å²) in [5, 5.41) is 0. The van der Waals surface area contributed by atoms with Crippen LogP contribution in [-0.2, 0) is 18.9 Å². The molecule has 5 atom stereocenters. The average Bonchev–Trinajstić information content (AvgIpc) is 3.04. The molecular formula is C22H30F14O4. The Morgan fingerprint density at radius 1 is 0.625 bits per heavy atom. The molecule has 0 spiro atoms. The maximum atomic E-state index is 14.2. The van der Waals surface area contributed by atoms with Crippen molar-refractivity contribution >= 4 is 0 Å². The van der Waals surface area contributed by atoms with E-state index in [0.717, 1.165) is 0 Å². The first kappa shape index (κ1) is 36.9. The van der Waals surface area contributed by atoms with Gasteiger partial charge in [-0.15, -0.1) is 0 Å². The summed E-state index contributed by atoms with van der Waals surface area (Å²) in [6, 6.07) is 0. The zero-order valence-corrected chi connectivity index (χ0v) is 21.9. The van der Waals surface area contributed by atoms with Crippen molar-refractivity contribution in [3.63, 3.8) is 0 Å². The normalized spacial score (nSPS) is 31.1. The standard InChI is InChI=1S/2C11H15F7O2/c1-4-19-8(5-6(2)7(3)20-8)9(12,10(13,14)15)11(16,17)18;1-3-19-8(6-4-5-7(2)20-8)9(12,10(13,14)15)11(16,17)18/h6-7H,4-5H2,1-3H3;7H,3-6H2,1-2H3. The molecule has 40 heavy (non-hydrogen) atoms. The summed E-state index contributed by atoms with van der Waals surface area (Å²) < 4.78 is 201. The summed E-state index contributed by atoms with van der Waals surface area (Å²) in [5.41, 5.74) is -11.2. The van der Waals surface area contributed by atoms with Crippen LogP contribution in [0.2, 0.25) is 0 Å². The van der Waals surface area contributed by atoms with Gasteiger partial charge in [-0.2, -0.15) is 52.7 Å². The smallest absolute Gasteiger partial charge is 0.347 e. The molecule has 2 rings (SSSR count). The van der Waals surface area contributed by atoms with Gasteiger partial charge in [0.15, 0.2) is 0 Å². The Balaban J connectivity index is 0.000000400. The van der Waals surface area contributed by atoms with Gasteiger partial charge in [0.1, 0.15) is 0 Å². The molecule has 18 heteroatoms. The molecule has 2 aliphatic rings. The van der Waals surface area contributed by atoms with E-state index in [0.29, 0.717) is 0 Å². The molecule has 2 heterocycles.